The highest BCUT2D eigenvalue weighted by atomic mass is 32.2. The summed E-state index contributed by atoms with van der Waals surface area (Å²) in [5.74, 6) is 0.172. The minimum atomic E-state index is -3.00. The highest BCUT2D eigenvalue weighted by Gasteiger charge is 2.32. The molecule has 0 aliphatic carbocycles. The van der Waals surface area contributed by atoms with Crippen LogP contribution in [0.1, 0.15) is 23.6 Å². The molecule has 8 heteroatoms. The van der Waals surface area contributed by atoms with Crippen LogP contribution in [0.25, 0.3) is 0 Å². The molecule has 2 fully saturated rings. The van der Waals surface area contributed by atoms with Gasteiger partial charge in [0.1, 0.15) is 6.04 Å². The number of nitrogens with zero attached hydrogens (tertiary/aromatic N) is 3. The van der Waals surface area contributed by atoms with E-state index in [0.29, 0.717) is 19.6 Å². The van der Waals surface area contributed by atoms with Crippen molar-refractivity contribution in [1.29, 1.82) is 0 Å². The number of anilines is 1. The van der Waals surface area contributed by atoms with E-state index in [4.69, 9.17) is 0 Å². The van der Waals surface area contributed by atoms with Crippen molar-refractivity contribution in [3.63, 3.8) is 0 Å². The van der Waals surface area contributed by atoms with Gasteiger partial charge in [0.15, 0.2) is 9.84 Å². The van der Waals surface area contributed by atoms with Gasteiger partial charge in [-0.1, -0.05) is 42.5 Å². The zero-order valence-corrected chi connectivity index (χ0v) is 20.8. The van der Waals surface area contributed by atoms with Crippen molar-refractivity contribution in [2.45, 2.75) is 19.4 Å². The fraction of sp³-hybridized carbons (Fsp3) is 0.500. The second kappa shape index (κ2) is 11.3. The Morgan fingerprint density at radius 1 is 0.941 bits per heavy atom. The average Bonchev–Trinajstić information content (AvgIpc) is 2.84. The molecular weight excluding hydrogens is 448 g/mol. The maximum Gasteiger partial charge on any atom is 0.241 e. The van der Waals surface area contributed by atoms with E-state index >= 15 is 0 Å². The second-order valence-electron chi connectivity index (χ2n) is 9.31. The first kappa shape index (κ1) is 24.7. The molecule has 0 bridgehead atoms. The Morgan fingerprint density at radius 3 is 2.32 bits per heavy atom. The van der Waals surface area contributed by atoms with Gasteiger partial charge in [-0.2, -0.15) is 0 Å². The van der Waals surface area contributed by atoms with E-state index in [1.165, 1.54) is 11.3 Å². The molecular formula is C26H36N4O3S. The molecule has 0 radical (unpaired) electrons. The molecule has 2 aliphatic heterocycles. The molecule has 2 aliphatic rings. The Hall–Kier alpha value is -2.42. The summed E-state index contributed by atoms with van der Waals surface area (Å²) < 4.78 is 23.7. The lowest BCUT2D eigenvalue weighted by atomic mass is 10.0. The number of piperazine rings is 1. The fourth-order valence-corrected chi connectivity index (χ4v) is 6.04. The van der Waals surface area contributed by atoms with E-state index in [1.54, 1.807) is 0 Å². The Morgan fingerprint density at radius 2 is 1.65 bits per heavy atom. The smallest absolute Gasteiger partial charge is 0.241 e. The lowest BCUT2D eigenvalue weighted by Crippen LogP contribution is -2.48. The van der Waals surface area contributed by atoms with Gasteiger partial charge in [0.2, 0.25) is 5.91 Å². The maximum absolute atomic E-state index is 13.2. The third-order valence-electron chi connectivity index (χ3n) is 6.80. The van der Waals surface area contributed by atoms with Gasteiger partial charge >= 0.3 is 0 Å². The molecule has 2 saturated heterocycles. The quantitative estimate of drug-likeness (QED) is 0.579. The predicted octanol–water partition coefficient (Wildman–Crippen LogP) is 2.10. The summed E-state index contributed by atoms with van der Waals surface area (Å²) in [6.45, 7) is 8.57. The Labute approximate surface area is 203 Å². The Bertz CT molecular complexity index is 1040. The highest BCUT2D eigenvalue weighted by molar-refractivity contribution is 7.91. The van der Waals surface area contributed by atoms with Crippen molar-refractivity contribution >= 4 is 21.4 Å². The van der Waals surface area contributed by atoms with E-state index in [-0.39, 0.29) is 17.4 Å². The fourth-order valence-electron chi connectivity index (χ4n) is 4.81. The number of carbonyl (C=O) groups is 1. The first-order valence-electron chi connectivity index (χ1n) is 12.2. The summed E-state index contributed by atoms with van der Waals surface area (Å²) >= 11 is 0. The number of hydrogen-bond acceptors (Lipinski definition) is 6. The number of nitrogens with one attached hydrogen (secondary N) is 1. The van der Waals surface area contributed by atoms with Crippen LogP contribution >= 0.6 is 0 Å². The van der Waals surface area contributed by atoms with Gasteiger partial charge in [-0.05, 0) is 43.1 Å². The monoisotopic (exact) mass is 484 g/mol. The summed E-state index contributed by atoms with van der Waals surface area (Å²) in [5.41, 5.74) is 3.49. The van der Waals surface area contributed by atoms with E-state index < -0.39 is 15.9 Å². The standard InChI is InChI=1S/C26H36N4O3S/c1-22-7-5-10-24(21-22)29-15-13-28(14-16-29)12-6-11-27-26(31)25(23-8-3-2-4-9-23)30-17-19-34(32,33)20-18-30/h2-5,7-10,21,25H,6,11-20H2,1H3,(H,27,31). The summed E-state index contributed by atoms with van der Waals surface area (Å²) in [6.07, 6.45) is 0.895. The van der Waals surface area contributed by atoms with Gasteiger partial charge in [-0.3, -0.25) is 14.6 Å². The molecule has 2 aromatic rings. The van der Waals surface area contributed by atoms with Crippen LogP contribution in [0.3, 0.4) is 0 Å². The molecule has 0 spiro atoms. The van der Waals surface area contributed by atoms with Crippen molar-refractivity contribution in [2.75, 3.05) is 68.8 Å². The SMILES string of the molecule is Cc1cccc(N2CCN(CCCNC(=O)C(c3ccccc3)N3CCS(=O)(=O)CC3)CC2)c1. The number of hydrogen-bond donors (Lipinski definition) is 1. The van der Waals surface area contributed by atoms with Gasteiger partial charge in [0.05, 0.1) is 11.5 Å². The highest BCUT2D eigenvalue weighted by Crippen LogP contribution is 2.23. The number of sulfone groups is 1. The summed E-state index contributed by atoms with van der Waals surface area (Å²) in [5, 5.41) is 3.11. The first-order chi connectivity index (χ1) is 16.4. The molecule has 1 atom stereocenters. The number of carbonyl (C=O) groups excluding carboxylic acids is 1. The summed E-state index contributed by atoms with van der Waals surface area (Å²) in [4.78, 5) is 20.1. The summed E-state index contributed by atoms with van der Waals surface area (Å²) in [6, 6.07) is 17.9. The molecule has 0 aromatic heterocycles. The molecule has 1 amide bonds. The van der Waals surface area contributed by atoms with Gasteiger partial charge in [-0.15, -0.1) is 0 Å². The van der Waals surface area contributed by atoms with E-state index in [0.717, 1.165) is 44.7 Å². The lowest BCUT2D eigenvalue weighted by molar-refractivity contribution is -0.126. The van der Waals surface area contributed by atoms with Crippen LogP contribution in [-0.4, -0.2) is 88.0 Å². The minimum absolute atomic E-state index is 0.0465. The van der Waals surface area contributed by atoms with Crippen molar-refractivity contribution in [2.24, 2.45) is 0 Å². The van der Waals surface area contributed by atoms with Crippen molar-refractivity contribution < 1.29 is 13.2 Å². The number of aryl methyl sites for hydroxylation is 1. The number of benzene rings is 2. The van der Waals surface area contributed by atoms with Gasteiger partial charge in [0, 0.05) is 51.5 Å². The molecule has 4 rings (SSSR count). The van der Waals surface area contributed by atoms with Crippen LogP contribution in [0.5, 0.6) is 0 Å². The lowest BCUT2D eigenvalue weighted by Gasteiger charge is -2.36. The van der Waals surface area contributed by atoms with Crippen molar-refractivity contribution in [3.8, 4) is 0 Å². The zero-order valence-electron chi connectivity index (χ0n) is 20.0. The third kappa shape index (κ3) is 6.58. The summed E-state index contributed by atoms with van der Waals surface area (Å²) in [7, 11) is -3.00. The van der Waals surface area contributed by atoms with Crippen molar-refractivity contribution in [1.82, 2.24) is 15.1 Å². The maximum atomic E-state index is 13.2. The minimum Gasteiger partial charge on any atom is -0.369 e. The van der Waals surface area contributed by atoms with E-state index in [9.17, 15) is 13.2 Å². The molecule has 1 N–H and O–H groups in total. The number of amides is 1. The number of rotatable bonds is 8. The Kier molecular flexibility index (Phi) is 8.24. The van der Waals surface area contributed by atoms with Crippen molar-refractivity contribution in [3.05, 3.63) is 65.7 Å². The molecule has 1 unspecified atom stereocenters. The van der Waals surface area contributed by atoms with Crippen LogP contribution in [0.2, 0.25) is 0 Å². The van der Waals surface area contributed by atoms with Crippen LogP contribution in [-0.2, 0) is 14.6 Å². The molecule has 2 aromatic carbocycles. The first-order valence-corrected chi connectivity index (χ1v) is 14.0. The zero-order chi connectivity index (χ0) is 24.0. The largest absolute Gasteiger partial charge is 0.369 e. The average molecular weight is 485 g/mol. The predicted molar refractivity (Wildman–Crippen MR) is 137 cm³/mol. The van der Waals surface area contributed by atoms with Crippen LogP contribution in [0.15, 0.2) is 54.6 Å². The van der Waals surface area contributed by atoms with Gasteiger partial charge in [0.25, 0.3) is 0 Å². The Balaban J connectivity index is 1.24. The van der Waals surface area contributed by atoms with E-state index in [1.807, 2.05) is 35.2 Å². The van der Waals surface area contributed by atoms with Crippen LogP contribution < -0.4 is 10.2 Å². The van der Waals surface area contributed by atoms with Gasteiger partial charge in [-0.25, -0.2) is 8.42 Å². The molecule has 0 saturated carbocycles. The van der Waals surface area contributed by atoms with E-state index in [2.05, 4.69) is 46.3 Å². The molecule has 2 heterocycles. The van der Waals surface area contributed by atoms with Crippen LogP contribution in [0, 0.1) is 6.92 Å². The molecule has 34 heavy (non-hydrogen) atoms. The molecule has 184 valence electrons. The van der Waals surface area contributed by atoms with Gasteiger partial charge < -0.3 is 10.2 Å². The second-order valence-corrected chi connectivity index (χ2v) is 11.6. The van der Waals surface area contributed by atoms with Crippen LogP contribution in [0.4, 0.5) is 5.69 Å². The topological polar surface area (TPSA) is 73.0 Å². The normalized spacial score (nSPS) is 20.1. The third-order valence-corrected chi connectivity index (χ3v) is 8.41. The molecule has 7 nitrogen and oxygen atoms in total.